The maximum absolute atomic E-state index is 12.3. The Hall–Kier alpha value is -1.40. The normalized spacial score (nSPS) is 11.4. The zero-order valence-electron chi connectivity index (χ0n) is 6.98. The summed E-state index contributed by atoms with van der Waals surface area (Å²) in [6.45, 7) is -0.324. The average Bonchev–Trinajstić information content (AvgIpc) is 2.06. The molecule has 0 saturated heterocycles. The lowest BCUT2D eigenvalue weighted by Crippen LogP contribution is -2.15. The van der Waals surface area contributed by atoms with Crippen molar-refractivity contribution in [3.05, 3.63) is 18.2 Å². The standard InChI is InChI=1S/C7H7F4N3/c8-5-3-13-6(14-4-5)12-2-1-7(9,10)11/h3-4H,1-2H2,(H,12,13,14). The van der Waals surface area contributed by atoms with Crippen molar-refractivity contribution in [1.29, 1.82) is 0 Å². The molecule has 0 aromatic carbocycles. The van der Waals surface area contributed by atoms with Gasteiger partial charge in [0.25, 0.3) is 0 Å². The Kier molecular flexibility index (Phi) is 3.21. The van der Waals surface area contributed by atoms with Crippen LogP contribution in [0, 0.1) is 5.82 Å². The molecule has 1 aromatic heterocycles. The van der Waals surface area contributed by atoms with E-state index in [4.69, 9.17) is 0 Å². The van der Waals surface area contributed by atoms with E-state index in [0.29, 0.717) is 0 Å². The number of nitrogens with zero attached hydrogens (tertiary/aromatic N) is 2. The van der Waals surface area contributed by atoms with Crippen LogP contribution in [0.1, 0.15) is 6.42 Å². The Morgan fingerprint density at radius 3 is 2.29 bits per heavy atom. The van der Waals surface area contributed by atoms with Crippen LogP contribution in [0.4, 0.5) is 23.5 Å². The molecule has 1 rings (SSSR count). The second kappa shape index (κ2) is 4.21. The molecule has 0 aliphatic carbocycles. The Balaban J connectivity index is 2.35. The van der Waals surface area contributed by atoms with Gasteiger partial charge in [-0.25, -0.2) is 14.4 Å². The molecular weight excluding hydrogens is 202 g/mol. The molecule has 78 valence electrons. The molecule has 7 heteroatoms. The predicted octanol–water partition coefficient (Wildman–Crippen LogP) is 1.98. The second-order valence-electron chi connectivity index (χ2n) is 2.52. The second-order valence-corrected chi connectivity index (χ2v) is 2.52. The lowest BCUT2D eigenvalue weighted by molar-refractivity contribution is -0.131. The number of hydrogen-bond donors (Lipinski definition) is 1. The first kappa shape index (κ1) is 10.7. The van der Waals surface area contributed by atoms with Crippen LogP contribution in [0.5, 0.6) is 0 Å². The first-order valence-corrected chi connectivity index (χ1v) is 3.75. The van der Waals surface area contributed by atoms with Crippen molar-refractivity contribution < 1.29 is 17.6 Å². The molecule has 0 amide bonds. The fourth-order valence-electron chi connectivity index (χ4n) is 0.720. The van der Waals surface area contributed by atoms with Gasteiger partial charge in [0, 0.05) is 6.54 Å². The van der Waals surface area contributed by atoms with Gasteiger partial charge in [-0.1, -0.05) is 0 Å². The monoisotopic (exact) mass is 209 g/mol. The molecule has 0 bridgehead atoms. The Bertz CT molecular complexity index is 282. The van der Waals surface area contributed by atoms with Crippen LogP contribution < -0.4 is 5.32 Å². The van der Waals surface area contributed by atoms with Gasteiger partial charge >= 0.3 is 6.18 Å². The van der Waals surface area contributed by atoms with Gasteiger partial charge in [0.15, 0.2) is 5.82 Å². The third-order valence-electron chi connectivity index (χ3n) is 1.31. The molecule has 0 saturated carbocycles. The van der Waals surface area contributed by atoms with Crippen LogP contribution in [-0.4, -0.2) is 22.7 Å². The molecule has 0 aliphatic rings. The van der Waals surface area contributed by atoms with E-state index in [1.807, 2.05) is 0 Å². The SMILES string of the molecule is Fc1cnc(NCCC(F)(F)F)nc1. The van der Waals surface area contributed by atoms with E-state index in [1.54, 1.807) is 0 Å². The molecule has 1 N–H and O–H groups in total. The summed E-state index contributed by atoms with van der Waals surface area (Å²) >= 11 is 0. The van der Waals surface area contributed by atoms with Crippen molar-refractivity contribution in [2.45, 2.75) is 12.6 Å². The van der Waals surface area contributed by atoms with Gasteiger partial charge in [-0.05, 0) is 0 Å². The summed E-state index contributed by atoms with van der Waals surface area (Å²) < 4.78 is 47.3. The predicted molar refractivity (Wildman–Crippen MR) is 41.2 cm³/mol. The number of rotatable bonds is 3. The summed E-state index contributed by atoms with van der Waals surface area (Å²) in [5.74, 6) is -0.651. The molecular formula is C7H7F4N3. The highest BCUT2D eigenvalue weighted by Gasteiger charge is 2.26. The van der Waals surface area contributed by atoms with Gasteiger partial charge in [-0.3, -0.25) is 0 Å². The van der Waals surface area contributed by atoms with Crippen LogP contribution in [-0.2, 0) is 0 Å². The van der Waals surface area contributed by atoms with Gasteiger partial charge in [0.1, 0.15) is 0 Å². The zero-order valence-corrected chi connectivity index (χ0v) is 6.98. The van der Waals surface area contributed by atoms with Crippen molar-refractivity contribution in [3.8, 4) is 0 Å². The van der Waals surface area contributed by atoms with E-state index in [9.17, 15) is 17.6 Å². The molecule has 0 aliphatic heterocycles. The third kappa shape index (κ3) is 4.01. The molecule has 14 heavy (non-hydrogen) atoms. The van der Waals surface area contributed by atoms with E-state index in [-0.39, 0.29) is 12.5 Å². The number of nitrogens with one attached hydrogen (secondary N) is 1. The highest BCUT2D eigenvalue weighted by atomic mass is 19.4. The summed E-state index contributed by atoms with van der Waals surface area (Å²) in [5, 5.41) is 2.32. The summed E-state index contributed by atoms with van der Waals surface area (Å²) in [4.78, 5) is 6.87. The van der Waals surface area contributed by atoms with Crippen LogP contribution in [0.3, 0.4) is 0 Å². The summed E-state index contributed by atoms with van der Waals surface area (Å²) in [6, 6.07) is 0. The molecule has 1 aromatic rings. The maximum atomic E-state index is 12.3. The highest BCUT2D eigenvalue weighted by Crippen LogP contribution is 2.18. The minimum absolute atomic E-state index is 0.0179. The van der Waals surface area contributed by atoms with Crippen molar-refractivity contribution in [2.24, 2.45) is 0 Å². The molecule has 0 spiro atoms. The topological polar surface area (TPSA) is 37.8 Å². The molecule has 3 nitrogen and oxygen atoms in total. The fourth-order valence-corrected chi connectivity index (χ4v) is 0.720. The zero-order chi connectivity index (χ0) is 10.6. The van der Waals surface area contributed by atoms with Crippen LogP contribution in [0.15, 0.2) is 12.4 Å². The van der Waals surface area contributed by atoms with E-state index >= 15 is 0 Å². The van der Waals surface area contributed by atoms with E-state index < -0.39 is 18.4 Å². The Labute approximate surface area is 77.2 Å². The number of anilines is 1. The largest absolute Gasteiger partial charge is 0.390 e. The molecule has 0 fully saturated rings. The Morgan fingerprint density at radius 1 is 1.21 bits per heavy atom. The van der Waals surface area contributed by atoms with Crippen LogP contribution >= 0.6 is 0 Å². The number of alkyl halides is 3. The first-order chi connectivity index (χ1) is 6.47. The quantitative estimate of drug-likeness (QED) is 0.773. The fraction of sp³-hybridized carbons (Fsp3) is 0.429. The molecule has 1 heterocycles. The van der Waals surface area contributed by atoms with Crippen molar-refractivity contribution in [3.63, 3.8) is 0 Å². The maximum Gasteiger partial charge on any atom is 0.390 e. The van der Waals surface area contributed by atoms with E-state index in [0.717, 1.165) is 12.4 Å². The molecule has 0 atom stereocenters. The van der Waals surface area contributed by atoms with Gasteiger partial charge < -0.3 is 5.32 Å². The number of hydrogen-bond acceptors (Lipinski definition) is 3. The average molecular weight is 209 g/mol. The number of aromatic nitrogens is 2. The van der Waals surface area contributed by atoms with Crippen molar-refractivity contribution in [1.82, 2.24) is 9.97 Å². The van der Waals surface area contributed by atoms with Gasteiger partial charge in [0.2, 0.25) is 5.95 Å². The summed E-state index contributed by atoms with van der Waals surface area (Å²) in [5.41, 5.74) is 0. The first-order valence-electron chi connectivity index (χ1n) is 3.75. The van der Waals surface area contributed by atoms with Crippen molar-refractivity contribution >= 4 is 5.95 Å². The van der Waals surface area contributed by atoms with Crippen molar-refractivity contribution in [2.75, 3.05) is 11.9 Å². The minimum Gasteiger partial charge on any atom is -0.354 e. The highest BCUT2D eigenvalue weighted by molar-refractivity contribution is 5.21. The van der Waals surface area contributed by atoms with Gasteiger partial charge in [-0.2, -0.15) is 13.2 Å². The summed E-state index contributed by atoms with van der Waals surface area (Å²) in [7, 11) is 0. The summed E-state index contributed by atoms with van der Waals surface area (Å²) in [6.07, 6.45) is -3.44. The lowest BCUT2D eigenvalue weighted by Gasteiger charge is -2.06. The van der Waals surface area contributed by atoms with Crippen LogP contribution in [0.2, 0.25) is 0 Å². The Morgan fingerprint density at radius 2 is 1.79 bits per heavy atom. The molecule has 0 radical (unpaired) electrons. The molecule has 0 unspecified atom stereocenters. The number of halogens is 4. The van der Waals surface area contributed by atoms with Gasteiger partial charge in [-0.15, -0.1) is 0 Å². The minimum atomic E-state index is -4.22. The third-order valence-corrected chi connectivity index (χ3v) is 1.31. The van der Waals surface area contributed by atoms with E-state index in [2.05, 4.69) is 15.3 Å². The smallest absolute Gasteiger partial charge is 0.354 e. The van der Waals surface area contributed by atoms with E-state index in [1.165, 1.54) is 0 Å². The lowest BCUT2D eigenvalue weighted by atomic mass is 10.4. The van der Waals surface area contributed by atoms with Gasteiger partial charge in [0.05, 0.1) is 18.8 Å². The van der Waals surface area contributed by atoms with Crippen LogP contribution in [0.25, 0.3) is 0 Å².